The number of esters is 1. The molecule has 0 aromatic carbocycles. The van der Waals surface area contributed by atoms with Gasteiger partial charge in [0, 0.05) is 12.8 Å². The van der Waals surface area contributed by atoms with Gasteiger partial charge in [-0.1, -0.05) is 219 Å². The summed E-state index contributed by atoms with van der Waals surface area (Å²) in [5, 5.41) is 22.6. The molecule has 0 radical (unpaired) electrons. The maximum Gasteiger partial charge on any atom is 0.328 e. The Labute approximate surface area is 363 Å². The van der Waals surface area contributed by atoms with Crippen LogP contribution >= 0.6 is 0 Å². The van der Waals surface area contributed by atoms with Gasteiger partial charge >= 0.3 is 11.9 Å². The Morgan fingerprint density at radius 1 is 0.441 bits per heavy atom. The van der Waals surface area contributed by atoms with Gasteiger partial charge in [-0.2, -0.15) is 0 Å². The van der Waals surface area contributed by atoms with E-state index in [1.807, 2.05) is 0 Å². The van der Waals surface area contributed by atoms with Crippen LogP contribution in [0.4, 0.5) is 0 Å². The molecule has 0 aliphatic carbocycles. The van der Waals surface area contributed by atoms with Crippen molar-refractivity contribution in [3.05, 3.63) is 0 Å². The molecule has 2 atom stereocenters. The van der Waals surface area contributed by atoms with Crippen LogP contribution in [0.5, 0.6) is 0 Å². The number of nitrogens with one attached hydrogen (secondary N) is 2. The van der Waals surface area contributed by atoms with Crippen molar-refractivity contribution in [3.8, 4) is 0 Å². The highest BCUT2D eigenvalue weighted by atomic mass is 16.5. The maximum atomic E-state index is 12.8. The monoisotopic (exact) mass is 837 g/mol. The lowest BCUT2D eigenvalue weighted by molar-refractivity contribution is -0.150. The molecule has 0 fully saturated rings. The fraction of sp³-hybridized carbons (Fsp3) is 0.920. The highest BCUT2D eigenvalue weighted by Gasteiger charge is 2.19. The van der Waals surface area contributed by atoms with E-state index in [2.05, 4.69) is 24.5 Å². The lowest BCUT2D eigenvalue weighted by Gasteiger charge is -2.18. The first-order chi connectivity index (χ1) is 28.8. The maximum absolute atomic E-state index is 12.8. The van der Waals surface area contributed by atoms with E-state index >= 15 is 0 Å². The average molecular weight is 837 g/mol. The second-order valence-electron chi connectivity index (χ2n) is 17.6. The van der Waals surface area contributed by atoms with Crippen LogP contribution < -0.4 is 10.6 Å². The standard InChI is InChI=1S/C50H96N2O7/c1-3-5-7-9-11-13-14-15-16-17-18-19-20-21-22-23-24-25-27-29-34-38-42-49(56)59-45(39-35-31-28-26-12-10-8-6-4-2)40-36-32-30-33-37-41-47(54)51-43-48(55)52-46(44-53)50(57)58/h45-46,53H,3-44H2,1-2H3,(H,51,54)(H,52,55)(H,57,58). The Hall–Kier alpha value is -2.16. The van der Waals surface area contributed by atoms with Crippen LogP contribution in [-0.4, -0.2) is 59.3 Å². The largest absolute Gasteiger partial charge is 0.480 e. The zero-order valence-corrected chi connectivity index (χ0v) is 38.8. The number of carboxylic acid groups (broad SMARTS) is 1. The summed E-state index contributed by atoms with van der Waals surface area (Å²) < 4.78 is 6.05. The zero-order chi connectivity index (χ0) is 43.3. The average Bonchev–Trinajstić information content (AvgIpc) is 3.22. The fourth-order valence-corrected chi connectivity index (χ4v) is 7.95. The molecule has 0 heterocycles. The van der Waals surface area contributed by atoms with Gasteiger partial charge in [-0.05, 0) is 38.5 Å². The van der Waals surface area contributed by atoms with Crippen LogP contribution in [0.1, 0.15) is 271 Å². The molecule has 0 aliphatic rings. The number of carbonyl (C=O) groups is 4. The Balaban J connectivity index is 4.06. The van der Waals surface area contributed by atoms with E-state index in [0.717, 1.165) is 57.8 Å². The van der Waals surface area contributed by atoms with Gasteiger partial charge in [-0.25, -0.2) is 4.79 Å². The zero-order valence-electron chi connectivity index (χ0n) is 38.8. The molecule has 9 heteroatoms. The minimum absolute atomic E-state index is 0.00440. The summed E-state index contributed by atoms with van der Waals surface area (Å²) in [5.74, 6) is -2.27. The lowest BCUT2D eigenvalue weighted by atomic mass is 10.0. The molecule has 0 saturated carbocycles. The van der Waals surface area contributed by atoms with Crippen molar-refractivity contribution in [2.24, 2.45) is 0 Å². The van der Waals surface area contributed by atoms with Crippen molar-refractivity contribution >= 4 is 23.8 Å². The molecule has 0 aromatic rings. The number of ether oxygens (including phenoxy) is 1. The first-order valence-corrected chi connectivity index (χ1v) is 25.4. The predicted molar refractivity (Wildman–Crippen MR) is 246 cm³/mol. The van der Waals surface area contributed by atoms with Crippen LogP contribution in [0.2, 0.25) is 0 Å². The normalized spacial score (nSPS) is 12.3. The van der Waals surface area contributed by atoms with Crippen LogP contribution in [0.3, 0.4) is 0 Å². The summed E-state index contributed by atoms with van der Waals surface area (Å²) in [7, 11) is 0. The van der Waals surface area contributed by atoms with Gasteiger partial charge in [-0.3, -0.25) is 14.4 Å². The van der Waals surface area contributed by atoms with Gasteiger partial charge in [0.1, 0.15) is 12.1 Å². The van der Waals surface area contributed by atoms with E-state index in [4.69, 9.17) is 14.9 Å². The molecular formula is C50H96N2O7. The van der Waals surface area contributed by atoms with Gasteiger partial charge in [-0.15, -0.1) is 0 Å². The number of aliphatic carboxylic acids is 1. The summed E-state index contributed by atoms with van der Waals surface area (Å²) in [6.45, 7) is 3.51. The SMILES string of the molecule is CCCCCCCCCCCCCCCCCCCCCCCCC(=O)OC(CCCCCCCCCCC)CCCCCCCC(=O)NCC(=O)NC(CO)C(=O)O. The van der Waals surface area contributed by atoms with Crippen molar-refractivity contribution in [1.29, 1.82) is 0 Å². The third-order valence-corrected chi connectivity index (χ3v) is 11.9. The molecule has 0 aromatic heterocycles. The first-order valence-electron chi connectivity index (χ1n) is 25.4. The molecule has 0 bridgehead atoms. The molecule has 2 unspecified atom stereocenters. The first kappa shape index (κ1) is 56.8. The molecule has 348 valence electrons. The fourth-order valence-electron chi connectivity index (χ4n) is 7.95. The van der Waals surface area contributed by atoms with Crippen molar-refractivity contribution in [2.45, 2.75) is 283 Å². The van der Waals surface area contributed by atoms with Gasteiger partial charge in [0.05, 0.1) is 13.2 Å². The highest BCUT2D eigenvalue weighted by molar-refractivity contribution is 5.87. The Morgan fingerprint density at radius 2 is 0.763 bits per heavy atom. The number of carboxylic acids is 1. The quantitative estimate of drug-likeness (QED) is 0.0353. The van der Waals surface area contributed by atoms with Crippen molar-refractivity contribution in [2.75, 3.05) is 13.2 Å². The number of carbonyl (C=O) groups excluding carboxylic acids is 3. The van der Waals surface area contributed by atoms with Crippen molar-refractivity contribution in [1.82, 2.24) is 10.6 Å². The number of aliphatic hydroxyl groups excluding tert-OH is 1. The topological polar surface area (TPSA) is 142 Å². The van der Waals surface area contributed by atoms with Crippen LogP contribution in [0.25, 0.3) is 0 Å². The van der Waals surface area contributed by atoms with E-state index in [1.165, 1.54) is 180 Å². The molecule has 9 nitrogen and oxygen atoms in total. The molecule has 2 amide bonds. The van der Waals surface area contributed by atoms with Gasteiger partial charge in [0.25, 0.3) is 0 Å². The Bertz CT molecular complexity index is 962. The molecular weight excluding hydrogens is 741 g/mol. The summed E-state index contributed by atoms with van der Waals surface area (Å²) >= 11 is 0. The van der Waals surface area contributed by atoms with E-state index in [-0.39, 0.29) is 24.5 Å². The highest BCUT2D eigenvalue weighted by Crippen LogP contribution is 2.20. The molecule has 0 aliphatic heterocycles. The molecule has 0 saturated heterocycles. The lowest BCUT2D eigenvalue weighted by Crippen LogP contribution is -2.47. The van der Waals surface area contributed by atoms with Gasteiger partial charge in [0.2, 0.25) is 11.8 Å². The van der Waals surface area contributed by atoms with E-state index in [0.29, 0.717) is 19.3 Å². The number of rotatable bonds is 47. The summed E-state index contributed by atoms with van der Waals surface area (Å²) in [5.41, 5.74) is 0. The Morgan fingerprint density at radius 3 is 1.10 bits per heavy atom. The van der Waals surface area contributed by atoms with Crippen LogP contribution in [0.15, 0.2) is 0 Å². The molecule has 4 N–H and O–H groups in total. The second kappa shape index (κ2) is 45.4. The van der Waals surface area contributed by atoms with Crippen molar-refractivity contribution < 1.29 is 34.1 Å². The van der Waals surface area contributed by atoms with Crippen molar-refractivity contribution in [3.63, 3.8) is 0 Å². The second-order valence-corrected chi connectivity index (χ2v) is 17.6. The number of aliphatic hydroxyl groups is 1. The smallest absolute Gasteiger partial charge is 0.328 e. The number of hydrogen-bond donors (Lipinski definition) is 4. The van der Waals surface area contributed by atoms with Gasteiger partial charge in [0.15, 0.2) is 0 Å². The summed E-state index contributed by atoms with van der Waals surface area (Å²) in [4.78, 5) is 47.7. The Kier molecular flexibility index (Phi) is 43.7. The minimum atomic E-state index is -1.38. The molecule has 0 rings (SSSR count). The van der Waals surface area contributed by atoms with E-state index < -0.39 is 24.5 Å². The van der Waals surface area contributed by atoms with Crippen LogP contribution in [0, 0.1) is 0 Å². The number of amides is 2. The van der Waals surface area contributed by atoms with E-state index in [9.17, 15) is 19.2 Å². The summed E-state index contributed by atoms with van der Waals surface area (Å²) in [6, 6.07) is -1.38. The molecule has 59 heavy (non-hydrogen) atoms. The van der Waals surface area contributed by atoms with Crippen LogP contribution in [-0.2, 0) is 23.9 Å². The third kappa shape index (κ3) is 42.3. The number of unbranched alkanes of at least 4 members (excludes halogenated alkanes) is 33. The predicted octanol–water partition coefficient (Wildman–Crippen LogP) is 13.2. The van der Waals surface area contributed by atoms with Gasteiger partial charge < -0.3 is 25.6 Å². The third-order valence-electron chi connectivity index (χ3n) is 11.9. The minimum Gasteiger partial charge on any atom is -0.480 e. The summed E-state index contributed by atoms with van der Waals surface area (Å²) in [6.07, 6.45) is 48.7. The molecule has 0 spiro atoms. The van der Waals surface area contributed by atoms with E-state index in [1.54, 1.807) is 0 Å². The number of hydrogen-bond acceptors (Lipinski definition) is 6.